The molecule has 0 aliphatic heterocycles. The van der Waals surface area contributed by atoms with E-state index in [1.807, 2.05) is 0 Å². The highest BCUT2D eigenvalue weighted by Crippen LogP contribution is 2.39. The molecule has 1 saturated carbocycles. The van der Waals surface area contributed by atoms with Gasteiger partial charge in [0.25, 0.3) is 0 Å². The van der Waals surface area contributed by atoms with E-state index < -0.39 is 0 Å². The van der Waals surface area contributed by atoms with Crippen LogP contribution in [0.15, 0.2) is 30.3 Å². The number of aliphatic hydroxyl groups excluding tert-OH is 1. The number of aromatic nitrogens is 2. The predicted octanol–water partition coefficient (Wildman–Crippen LogP) is 3.07. The standard InChI is InChI=1S/C18H24N4O/c1-13-3-5-14(6-4-13)12-20-17-11-16(15-7-8-15)21-18(22-17)19-9-2-10-23/h3-6,11,15,23H,2,7-10,12H2,1H3,(H2,19,20,21,22). The highest BCUT2D eigenvalue weighted by Gasteiger charge is 2.26. The summed E-state index contributed by atoms with van der Waals surface area (Å²) in [7, 11) is 0. The first-order valence-corrected chi connectivity index (χ1v) is 8.28. The zero-order chi connectivity index (χ0) is 16.1. The Morgan fingerprint density at radius 2 is 1.91 bits per heavy atom. The fourth-order valence-electron chi connectivity index (χ4n) is 2.40. The Balaban J connectivity index is 1.68. The molecule has 0 amide bonds. The Morgan fingerprint density at radius 1 is 1.13 bits per heavy atom. The van der Waals surface area contributed by atoms with Gasteiger partial charge >= 0.3 is 0 Å². The van der Waals surface area contributed by atoms with Crippen molar-refractivity contribution in [1.29, 1.82) is 0 Å². The molecule has 0 saturated heterocycles. The van der Waals surface area contributed by atoms with Crippen LogP contribution in [0.1, 0.15) is 42.0 Å². The second-order valence-corrected chi connectivity index (χ2v) is 6.12. The molecule has 0 bridgehead atoms. The van der Waals surface area contributed by atoms with Crippen LogP contribution in [0, 0.1) is 6.92 Å². The number of anilines is 2. The maximum Gasteiger partial charge on any atom is 0.224 e. The van der Waals surface area contributed by atoms with E-state index in [1.54, 1.807) is 0 Å². The first-order chi connectivity index (χ1) is 11.2. The van der Waals surface area contributed by atoms with E-state index in [1.165, 1.54) is 24.0 Å². The minimum Gasteiger partial charge on any atom is -0.396 e. The molecule has 0 spiro atoms. The van der Waals surface area contributed by atoms with E-state index in [4.69, 9.17) is 5.11 Å². The average Bonchev–Trinajstić information content (AvgIpc) is 3.39. The maximum absolute atomic E-state index is 8.89. The number of nitrogens with one attached hydrogen (secondary N) is 2. The van der Waals surface area contributed by atoms with Crippen LogP contribution in [0.3, 0.4) is 0 Å². The highest BCUT2D eigenvalue weighted by molar-refractivity contribution is 5.44. The van der Waals surface area contributed by atoms with Crippen LogP contribution in [0.5, 0.6) is 0 Å². The molecule has 1 aliphatic rings. The van der Waals surface area contributed by atoms with Crippen molar-refractivity contribution in [2.24, 2.45) is 0 Å². The summed E-state index contributed by atoms with van der Waals surface area (Å²) in [5, 5.41) is 15.5. The lowest BCUT2D eigenvalue weighted by molar-refractivity contribution is 0.292. The molecule has 0 atom stereocenters. The van der Waals surface area contributed by atoms with E-state index in [0.717, 1.165) is 18.1 Å². The molecular weight excluding hydrogens is 288 g/mol. The van der Waals surface area contributed by atoms with Gasteiger partial charge in [0.2, 0.25) is 5.95 Å². The van der Waals surface area contributed by atoms with Gasteiger partial charge in [-0.3, -0.25) is 0 Å². The SMILES string of the molecule is Cc1ccc(CNc2cc(C3CC3)nc(NCCCO)n2)cc1. The number of hydrogen-bond donors (Lipinski definition) is 3. The van der Waals surface area contributed by atoms with Crippen LogP contribution < -0.4 is 10.6 Å². The summed E-state index contributed by atoms with van der Waals surface area (Å²) in [6.45, 7) is 3.70. The molecule has 122 valence electrons. The van der Waals surface area contributed by atoms with E-state index >= 15 is 0 Å². The molecular formula is C18H24N4O. The molecule has 1 fully saturated rings. The van der Waals surface area contributed by atoms with Crippen molar-refractivity contribution < 1.29 is 5.11 Å². The highest BCUT2D eigenvalue weighted by atomic mass is 16.3. The average molecular weight is 312 g/mol. The van der Waals surface area contributed by atoms with Crippen molar-refractivity contribution in [1.82, 2.24) is 9.97 Å². The molecule has 23 heavy (non-hydrogen) atoms. The second kappa shape index (κ2) is 7.42. The third kappa shape index (κ3) is 4.66. The lowest BCUT2D eigenvalue weighted by Crippen LogP contribution is -2.10. The number of benzene rings is 1. The molecule has 1 aromatic carbocycles. The molecule has 1 heterocycles. The first kappa shape index (κ1) is 15.7. The Kier molecular flexibility index (Phi) is 5.08. The molecule has 5 nitrogen and oxygen atoms in total. The lowest BCUT2D eigenvalue weighted by Gasteiger charge is -2.11. The van der Waals surface area contributed by atoms with Gasteiger partial charge in [-0.2, -0.15) is 4.98 Å². The number of rotatable bonds is 8. The van der Waals surface area contributed by atoms with Crippen LogP contribution in [0.4, 0.5) is 11.8 Å². The van der Waals surface area contributed by atoms with Gasteiger partial charge in [-0.1, -0.05) is 29.8 Å². The van der Waals surface area contributed by atoms with Crippen molar-refractivity contribution >= 4 is 11.8 Å². The Hall–Kier alpha value is -2.14. The Labute approximate surface area is 137 Å². The summed E-state index contributed by atoms with van der Waals surface area (Å²) in [6, 6.07) is 10.6. The fourth-order valence-corrected chi connectivity index (χ4v) is 2.40. The van der Waals surface area contributed by atoms with Crippen molar-refractivity contribution in [3.05, 3.63) is 47.2 Å². The molecule has 3 rings (SSSR count). The predicted molar refractivity (Wildman–Crippen MR) is 92.7 cm³/mol. The van der Waals surface area contributed by atoms with E-state index in [0.29, 0.717) is 24.8 Å². The van der Waals surface area contributed by atoms with Crippen LogP contribution >= 0.6 is 0 Å². The Morgan fingerprint density at radius 3 is 2.61 bits per heavy atom. The summed E-state index contributed by atoms with van der Waals surface area (Å²) in [6.07, 6.45) is 3.12. The van der Waals surface area contributed by atoms with Crippen molar-refractivity contribution in [2.75, 3.05) is 23.8 Å². The van der Waals surface area contributed by atoms with Crippen LogP contribution in [-0.4, -0.2) is 28.2 Å². The number of nitrogens with zero attached hydrogens (tertiary/aromatic N) is 2. The number of hydrogen-bond acceptors (Lipinski definition) is 5. The molecule has 1 aromatic heterocycles. The summed E-state index contributed by atoms with van der Waals surface area (Å²) < 4.78 is 0. The van der Waals surface area contributed by atoms with Crippen LogP contribution in [0.25, 0.3) is 0 Å². The van der Waals surface area contributed by atoms with Gasteiger partial charge in [-0.25, -0.2) is 4.98 Å². The van der Waals surface area contributed by atoms with Crippen LogP contribution in [0.2, 0.25) is 0 Å². The quantitative estimate of drug-likeness (QED) is 0.654. The van der Waals surface area contributed by atoms with Gasteiger partial charge in [0.15, 0.2) is 0 Å². The summed E-state index contributed by atoms with van der Waals surface area (Å²) in [5.74, 6) is 2.08. The van der Waals surface area contributed by atoms with Gasteiger partial charge in [-0.05, 0) is 31.7 Å². The molecule has 0 radical (unpaired) electrons. The molecule has 3 N–H and O–H groups in total. The van der Waals surface area contributed by atoms with E-state index in [9.17, 15) is 0 Å². The van der Waals surface area contributed by atoms with Gasteiger partial charge in [-0.15, -0.1) is 0 Å². The van der Waals surface area contributed by atoms with Crippen molar-refractivity contribution in [3.63, 3.8) is 0 Å². The van der Waals surface area contributed by atoms with Gasteiger partial charge in [0.1, 0.15) is 5.82 Å². The monoisotopic (exact) mass is 312 g/mol. The molecule has 2 aromatic rings. The van der Waals surface area contributed by atoms with Gasteiger partial charge < -0.3 is 15.7 Å². The summed E-state index contributed by atoms with van der Waals surface area (Å²) in [4.78, 5) is 9.12. The molecule has 5 heteroatoms. The topological polar surface area (TPSA) is 70.1 Å². The summed E-state index contributed by atoms with van der Waals surface area (Å²) in [5.41, 5.74) is 3.61. The lowest BCUT2D eigenvalue weighted by atomic mass is 10.1. The molecule has 0 unspecified atom stereocenters. The Bertz CT molecular complexity index is 638. The zero-order valence-electron chi connectivity index (χ0n) is 13.5. The minimum absolute atomic E-state index is 0.174. The van der Waals surface area contributed by atoms with E-state index in [-0.39, 0.29) is 6.61 Å². The number of aliphatic hydroxyl groups is 1. The van der Waals surface area contributed by atoms with Gasteiger partial charge in [0.05, 0.1) is 5.69 Å². The molecule has 1 aliphatic carbocycles. The third-order valence-electron chi connectivity index (χ3n) is 3.95. The summed E-state index contributed by atoms with van der Waals surface area (Å²) >= 11 is 0. The normalized spacial score (nSPS) is 13.8. The fraction of sp³-hybridized carbons (Fsp3) is 0.444. The third-order valence-corrected chi connectivity index (χ3v) is 3.95. The van der Waals surface area contributed by atoms with Gasteiger partial charge in [0, 0.05) is 31.7 Å². The van der Waals surface area contributed by atoms with Crippen molar-refractivity contribution in [2.45, 2.75) is 38.6 Å². The van der Waals surface area contributed by atoms with Crippen LogP contribution in [-0.2, 0) is 6.54 Å². The smallest absolute Gasteiger partial charge is 0.224 e. The zero-order valence-corrected chi connectivity index (χ0v) is 13.5. The minimum atomic E-state index is 0.174. The second-order valence-electron chi connectivity index (χ2n) is 6.12. The maximum atomic E-state index is 8.89. The number of aryl methyl sites for hydroxylation is 1. The largest absolute Gasteiger partial charge is 0.396 e. The van der Waals surface area contributed by atoms with Crippen molar-refractivity contribution in [3.8, 4) is 0 Å². The first-order valence-electron chi connectivity index (χ1n) is 8.28. The van der Waals surface area contributed by atoms with E-state index in [2.05, 4.69) is 57.9 Å².